The van der Waals surface area contributed by atoms with Gasteiger partial charge in [0.05, 0.1) is 17.1 Å². The summed E-state index contributed by atoms with van der Waals surface area (Å²) in [7, 11) is 0. The quantitative estimate of drug-likeness (QED) is 0.773. The predicted octanol–water partition coefficient (Wildman–Crippen LogP) is 3.74. The first kappa shape index (κ1) is 13.2. The van der Waals surface area contributed by atoms with E-state index in [1.807, 2.05) is 0 Å². The molecule has 1 aliphatic rings. The van der Waals surface area contributed by atoms with Crippen LogP contribution in [0.25, 0.3) is 0 Å². The first-order valence-corrected chi connectivity index (χ1v) is 5.59. The molecule has 0 radical (unpaired) electrons. The molecule has 1 aliphatic heterocycles. The molecule has 96 valence electrons. The maximum Gasteiger partial charge on any atom is 0.416 e. The zero-order chi connectivity index (χ0) is 13.5. The Balaban J connectivity index is 2.35. The number of hydrogen-bond donors (Lipinski definition) is 0. The second kappa shape index (κ2) is 4.48. The summed E-state index contributed by atoms with van der Waals surface area (Å²) in [4.78, 5) is 12.7. The minimum absolute atomic E-state index is 0.0134. The van der Waals surface area contributed by atoms with E-state index in [1.165, 1.54) is 12.1 Å². The summed E-state index contributed by atoms with van der Waals surface area (Å²) in [5.74, 6) is -0.596. The highest BCUT2D eigenvalue weighted by atomic mass is 35.5. The van der Waals surface area contributed by atoms with Crippen molar-refractivity contribution in [3.63, 3.8) is 0 Å². The zero-order valence-electron chi connectivity index (χ0n) is 8.76. The van der Waals surface area contributed by atoms with Gasteiger partial charge in [-0.3, -0.25) is 4.79 Å². The lowest BCUT2D eigenvalue weighted by molar-refractivity contribution is -0.137. The summed E-state index contributed by atoms with van der Waals surface area (Å²) >= 11 is 11.3. The fraction of sp³-hybridized carbons (Fsp3) is 0.182. The van der Waals surface area contributed by atoms with E-state index < -0.39 is 17.6 Å². The van der Waals surface area contributed by atoms with Gasteiger partial charge in [0.15, 0.2) is 0 Å². The SMILES string of the molecule is O=C1C(Cl)=C(Cl)CN1c1cccc(C(F)(F)F)c1. The zero-order valence-corrected chi connectivity index (χ0v) is 10.3. The summed E-state index contributed by atoms with van der Waals surface area (Å²) < 4.78 is 37.6. The molecule has 0 aromatic heterocycles. The van der Waals surface area contributed by atoms with Crippen LogP contribution in [0.5, 0.6) is 0 Å². The average Bonchev–Trinajstić information content (AvgIpc) is 2.56. The Labute approximate surface area is 111 Å². The molecule has 0 fully saturated rings. The Kier molecular flexibility index (Phi) is 3.29. The van der Waals surface area contributed by atoms with Crippen molar-refractivity contribution in [3.8, 4) is 0 Å². The van der Waals surface area contributed by atoms with E-state index in [4.69, 9.17) is 23.2 Å². The first-order chi connectivity index (χ1) is 8.30. The standard InChI is InChI=1S/C11H6Cl2F3NO/c12-8-5-17(10(18)9(8)13)7-3-1-2-6(4-7)11(14,15)16/h1-4H,5H2. The molecule has 2 nitrogen and oxygen atoms in total. The highest BCUT2D eigenvalue weighted by Crippen LogP contribution is 2.34. The highest BCUT2D eigenvalue weighted by Gasteiger charge is 2.33. The number of rotatable bonds is 1. The fourth-order valence-corrected chi connectivity index (χ4v) is 1.94. The maximum atomic E-state index is 12.5. The molecule has 18 heavy (non-hydrogen) atoms. The van der Waals surface area contributed by atoms with Crippen molar-refractivity contribution < 1.29 is 18.0 Å². The number of benzene rings is 1. The number of alkyl halides is 3. The molecule has 2 rings (SSSR count). The monoisotopic (exact) mass is 295 g/mol. The smallest absolute Gasteiger partial charge is 0.302 e. The second-order valence-electron chi connectivity index (χ2n) is 3.66. The number of amides is 1. The van der Waals surface area contributed by atoms with Crippen molar-refractivity contribution in [3.05, 3.63) is 39.9 Å². The molecule has 0 aliphatic carbocycles. The summed E-state index contributed by atoms with van der Waals surface area (Å²) in [6.07, 6.45) is -4.46. The Morgan fingerprint density at radius 1 is 1.22 bits per heavy atom. The summed E-state index contributed by atoms with van der Waals surface area (Å²) in [5, 5.41) is -0.0341. The van der Waals surface area contributed by atoms with Crippen LogP contribution in [-0.4, -0.2) is 12.5 Å². The number of carbonyl (C=O) groups excluding carboxylic acids is 1. The van der Waals surface area contributed by atoms with Crippen molar-refractivity contribution in [1.82, 2.24) is 0 Å². The van der Waals surface area contributed by atoms with Gasteiger partial charge in [0.1, 0.15) is 5.03 Å². The number of hydrogen-bond acceptors (Lipinski definition) is 1. The van der Waals surface area contributed by atoms with Gasteiger partial charge in [0, 0.05) is 5.69 Å². The van der Waals surface area contributed by atoms with E-state index in [0.717, 1.165) is 17.0 Å². The van der Waals surface area contributed by atoms with Crippen LogP contribution in [0.4, 0.5) is 18.9 Å². The van der Waals surface area contributed by atoms with Crippen molar-refractivity contribution in [1.29, 1.82) is 0 Å². The summed E-state index contributed by atoms with van der Waals surface area (Å²) in [6, 6.07) is 4.44. The van der Waals surface area contributed by atoms with Gasteiger partial charge in [0.25, 0.3) is 5.91 Å². The molecule has 1 aromatic carbocycles. The molecule has 1 amide bonds. The van der Waals surface area contributed by atoms with E-state index in [-0.39, 0.29) is 22.3 Å². The molecule has 0 spiro atoms. The van der Waals surface area contributed by atoms with Crippen LogP contribution in [0.15, 0.2) is 34.3 Å². The van der Waals surface area contributed by atoms with Gasteiger partial charge in [-0.2, -0.15) is 13.2 Å². The van der Waals surface area contributed by atoms with Gasteiger partial charge in [-0.05, 0) is 18.2 Å². The van der Waals surface area contributed by atoms with Crippen molar-refractivity contribution in [2.75, 3.05) is 11.4 Å². The fourth-order valence-electron chi connectivity index (χ4n) is 1.57. The molecular formula is C11H6Cl2F3NO. The number of nitrogens with zero attached hydrogens (tertiary/aromatic N) is 1. The van der Waals surface area contributed by atoms with Gasteiger partial charge >= 0.3 is 6.18 Å². The minimum atomic E-state index is -4.46. The van der Waals surface area contributed by atoms with Gasteiger partial charge in [-0.1, -0.05) is 29.3 Å². The minimum Gasteiger partial charge on any atom is -0.302 e. The van der Waals surface area contributed by atoms with Crippen LogP contribution in [0.2, 0.25) is 0 Å². The van der Waals surface area contributed by atoms with Crippen LogP contribution < -0.4 is 4.90 Å². The molecule has 0 atom stereocenters. The van der Waals surface area contributed by atoms with Crippen LogP contribution >= 0.6 is 23.2 Å². The van der Waals surface area contributed by atoms with E-state index in [0.29, 0.717) is 0 Å². The Morgan fingerprint density at radius 2 is 1.89 bits per heavy atom. The van der Waals surface area contributed by atoms with Crippen LogP contribution in [0.3, 0.4) is 0 Å². The number of carbonyl (C=O) groups is 1. The molecule has 0 unspecified atom stereocenters. The lowest BCUT2D eigenvalue weighted by atomic mass is 10.2. The van der Waals surface area contributed by atoms with Crippen molar-refractivity contribution in [2.24, 2.45) is 0 Å². The van der Waals surface area contributed by atoms with Gasteiger partial charge in [-0.15, -0.1) is 0 Å². The molecule has 0 bridgehead atoms. The average molecular weight is 296 g/mol. The van der Waals surface area contributed by atoms with Crippen LogP contribution in [-0.2, 0) is 11.0 Å². The molecule has 0 N–H and O–H groups in total. The normalized spacial score (nSPS) is 16.7. The van der Waals surface area contributed by atoms with Crippen molar-refractivity contribution in [2.45, 2.75) is 6.18 Å². The van der Waals surface area contributed by atoms with Crippen molar-refractivity contribution >= 4 is 34.8 Å². The third kappa shape index (κ3) is 2.33. The Morgan fingerprint density at radius 3 is 2.39 bits per heavy atom. The molecule has 0 saturated heterocycles. The molecule has 1 heterocycles. The summed E-state index contributed by atoms with van der Waals surface area (Å²) in [5.41, 5.74) is -0.712. The maximum absolute atomic E-state index is 12.5. The van der Waals surface area contributed by atoms with E-state index in [1.54, 1.807) is 0 Å². The third-order valence-electron chi connectivity index (χ3n) is 2.45. The molecule has 1 aromatic rings. The Bertz CT molecular complexity index is 539. The highest BCUT2D eigenvalue weighted by molar-refractivity contribution is 6.51. The lowest BCUT2D eigenvalue weighted by Crippen LogP contribution is -2.26. The molecule has 0 saturated carbocycles. The number of anilines is 1. The van der Waals surface area contributed by atoms with E-state index in [2.05, 4.69) is 0 Å². The molecular weight excluding hydrogens is 290 g/mol. The largest absolute Gasteiger partial charge is 0.416 e. The number of halogens is 5. The van der Waals surface area contributed by atoms with E-state index in [9.17, 15) is 18.0 Å². The molecule has 7 heteroatoms. The van der Waals surface area contributed by atoms with Gasteiger partial charge < -0.3 is 4.90 Å². The van der Waals surface area contributed by atoms with Gasteiger partial charge in [0.2, 0.25) is 0 Å². The van der Waals surface area contributed by atoms with Crippen LogP contribution in [0, 0.1) is 0 Å². The van der Waals surface area contributed by atoms with Gasteiger partial charge in [-0.25, -0.2) is 0 Å². The predicted molar refractivity (Wildman–Crippen MR) is 62.5 cm³/mol. The second-order valence-corrected chi connectivity index (χ2v) is 4.49. The topological polar surface area (TPSA) is 20.3 Å². The summed E-state index contributed by atoms with van der Waals surface area (Å²) in [6.45, 7) is -0.0134. The van der Waals surface area contributed by atoms with Crippen LogP contribution in [0.1, 0.15) is 5.56 Å². The Hall–Kier alpha value is -1.20. The third-order valence-corrected chi connectivity index (χ3v) is 3.25. The lowest BCUT2D eigenvalue weighted by Gasteiger charge is -2.17. The first-order valence-electron chi connectivity index (χ1n) is 4.84. The van der Waals surface area contributed by atoms with E-state index >= 15 is 0 Å².